The molecule has 0 spiro atoms. The van der Waals surface area contributed by atoms with E-state index in [1.54, 1.807) is 20.0 Å². The molecule has 0 aliphatic carbocycles. The van der Waals surface area contributed by atoms with Gasteiger partial charge in [0.05, 0.1) is 6.04 Å². The topological polar surface area (TPSA) is 166 Å². The van der Waals surface area contributed by atoms with Crippen LogP contribution in [0.4, 0.5) is 0 Å². The molecule has 10 nitrogen and oxygen atoms in total. The van der Waals surface area contributed by atoms with Gasteiger partial charge in [-0.2, -0.15) is 12.6 Å². The standard InChI is InChI=1S/C25H37N5O5S/c1-13(2)9-18(28-23(32)20(12-36)30-24(33)21(26)14(3)4)22(31)29-19(25(34)35)10-15-11-27-17-8-6-5-7-16(15)17/h5-8,11,13-14,18-21,27,36H,9-10,12,26H2,1-4H3,(H,28,32)(H,29,31)(H,30,33)(H,34,35). The van der Waals surface area contributed by atoms with Crippen molar-refractivity contribution >= 4 is 47.2 Å². The fraction of sp³-hybridized carbons (Fsp3) is 0.520. The Balaban J connectivity index is 2.13. The number of para-hydroxylation sites is 1. The van der Waals surface area contributed by atoms with E-state index in [1.165, 1.54) is 0 Å². The number of amides is 3. The van der Waals surface area contributed by atoms with Crippen molar-refractivity contribution in [2.24, 2.45) is 17.6 Å². The number of nitrogens with two attached hydrogens (primary N) is 1. The molecule has 0 aliphatic heterocycles. The molecule has 0 bridgehead atoms. The molecule has 0 fully saturated rings. The maximum Gasteiger partial charge on any atom is 0.326 e. The highest BCUT2D eigenvalue weighted by atomic mass is 32.1. The van der Waals surface area contributed by atoms with Gasteiger partial charge in [0.2, 0.25) is 17.7 Å². The molecule has 0 saturated heterocycles. The number of nitrogens with one attached hydrogen (secondary N) is 4. The fourth-order valence-electron chi connectivity index (χ4n) is 3.73. The van der Waals surface area contributed by atoms with E-state index < -0.39 is 47.9 Å². The van der Waals surface area contributed by atoms with Crippen molar-refractivity contribution in [1.82, 2.24) is 20.9 Å². The summed E-state index contributed by atoms with van der Waals surface area (Å²) in [6.07, 6.45) is 2.06. The smallest absolute Gasteiger partial charge is 0.326 e. The summed E-state index contributed by atoms with van der Waals surface area (Å²) in [5.41, 5.74) is 7.48. The highest BCUT2D eigenvalue weighted by molar-refractivity contribution is 7.80. The second-order valence-corrected chi connectivity index (χ2v) is 10.0. The molecule has 11 heteroatoms. The van der Waals surface area contributed by atoms with Crippen LogP contribution < -0.4 is 21.7 Å². The van der Waals surface area contributed by atoms with Gasteiger partial charge in [0.1, 0.15) is 18.1 Å². The van der Waals surface area contributed by atoms with Crippen molar-refractivity contribution in [3.05, 3.63) is 36.0 Å². The molecule has 198 valence electrons. The van der Waals surface area contributed by atoms with Gasteiger partial charge in [-0.1, -0.05) is 45.9 Å². The summed E-state index contributed by atoms with van der Waals surface area (Å²) in [6, 6.07) is 3.48. The number of rotatable bonds is 13. The first kappa shape index (κ1) is 29.2. The van der Waals surface area contributed by atoms with Gasteiger partial charge in [-0.3, -0.25) is 14.4 Å². The van der Waals surface area contributed by atoms with Gasteiger partial charge in [0.25, 0.3) is 0 Å². The number of carbonyl (C=O) groups excluding carboxylic acids is 3. The molecule has 1 aromatic carbocycles. The Hall–Kier alpha value is -3.05. The predicted octanol–water partition coefficient (Wildman–Crippen LogP) is 1.21. The summed E-state index contributed by atoms with van der Waals surface area (Å²) in [4.78, 5) is 53.4. The molecule has 2 rings (SSSR count). The average Bonchev–Trinajstić information content (AvgIpc) is 3.23. The second kappa shape index (κ2) is 13.3. The van der Waals surface area contributed by atoms with Crippen LogP contribution in [0.1, 0.15) is 39.7 Å². The van der Waals surface area contributed by atoms with E-state index in [2.05, 4.69) is 33.6 Å². The molecule has 1 heterocycles. The van der Waals surface area contributed by atoms with Crippen molar-refractivity contribution in [2.75, 3.05) is 5.75 Å². The number of carbonyl (C=O) groups is 4. The van der Waals surface area contributed by atoms with Crippen LogP contribution in [0.25, 0.3) is 10.9 Å². The van der Waals surface area contributed by atoms with E-state index in [-0.39, 0.29) is 30.4 Å². The van der Waals surface area contributed by atoms with Crippen LogP contribution >= 0.6 is 12.6 Å². The van der Waals surface area contributed by atoms with Gasteiger partial charge in [-0.25, -0.2) is 4.79 Å². The van der Waals surface area contributed by atoms with Crippen LogP contribution in [0.2, 0.25) is 0 Å². The van der Waals surface area contributed by atoms with Gasteiger partial charge >= 0.3 is 5.97 Å². The molecular weight excluding hydrogens is 482 g/mol. The third kappa shape index (κ3) is 7.99. The molecule has 3 amide bonds. The van der Waals surface area contributed by atoms with Crippen LogP contribution in [-0.4, -0.2) is 63.7 Å². The van der Waals surface area contributed by atoms with E-state index in [0.29, 0.717) is 0 Å². The molecule has 4 unspecified atom stereocenters. The highest BCUT2D eigenvalue weighted by Gasteiger charge is 2.31. The number of aromatic nitrogens is 1. The van der Waals surface area contributed by atoms with Crippen molar-refractivity contribution in [3.8, 4) is 0 Å². The zero-order chi connectivity index (χ0) is 27.0. The van der Waals surface area contributed by atoms with E-state index >= 15 is 0 Å². The zero-order valence-corrected chi connectivity index (χ0v) is 22.0. The lowest BCUT2D eigenvalue weighted by Crippen LogP contribution is -2.58. The second-order valence-electron chi connectivity index (χ2n) is 9.67. The molecular formula is C25H37N5O5S. The number of thiol groups is 1. The van der Waals surface area contributed by atoms with Gasteiger partial charge in [-0.15, -0.1) is 0 Å². The predicted molar refractivity (Wildman–Crippen MR) is 142 cm³/mol. The van der Waals surface area contributed by atoms with Crippen molar-refractivity contribution in [3.63, 3.8) is 0 Å². The molecule has 0 saturated carbocycles. The van der Waals surface area contributed by atoms with Crippen LogP contribution in [0, 0.1) is 11.8 Å². The quantitative estimate of drug-likeness (QED) is 0.196. The molecule has 2 aromatic rings. The normalized spacial score (nSPS) is 14.8. The van der Waals surface area contributed by atoms with Crippen LogP contribution in [0.3, 0.4) is 0 Å². The number of H-pyrrole nitrogens is 1. The number of hydrogen-bond donors (Lipinski definition) is 7. The molecule has 1 aromatic heterocycles. The monoisotopic (exact) mass is 519 g/mol. The minimum absolute atomic E-state index is 0.00325. The minimum atomic E-state index is -1.20. The molecule has 0 radical (unpaired) electrons. The number of fused-ring (bicyclic) bond motifs is 1. The Bertz CT molecular complexity index is 1070. The van der Waals surface area contributed by atoms with E-state index in [0.717, 1.165) is 16.5 Å². The summed E-state index contributed by atoms with van der Waals surface area (Å²) >= 11 is 4.16. The number of aliphatic carboxylic acids is 1. The average molecular weight is 520 g/mol. The maximum atomic E-state index is 13.1. The Morgan fingerprint density at radius 3 is 2.11 bits per heavy atom. The van der Waals surface area contributed by atoms with Gasteiger partial charge in [0, 0.05) is 29.3 Å². The van der Waals surface area contributed by atoms with Crippen LogP contribution in [0.5, 0.6) is 0 Å². The minimum Gasteiger partial charge on any atom is -0.480 e. The van der Waals surface area contributed by atoms with Crippen molar-refractivity contribution < 1.29 is 24.3 Å². The lowest BCUT2D eigenvalue weighted by Gasteiger charge is -2.26. The zero-order valence-electron chi connectivity index (χ0n) is 21.1. The summed E-state index contributed by atoms with van der Waals surface area (Å²) in [5.74, 6) is -3.00. The molecule has 7 N–H and O–H groups in total. The van der Waals surface area contributed by atoms with E-state index in [4.69, 9.17) is 5.73 Å². The van der Waals surface area contributed by atoms with Gasteiger partial charge in [0.15, 0.2) is 0 Å². The SMILES string of the molecule is CC(C)CC(NC(=O)C(CS)NC(=O)C(N)C(C)C)C(=O)NC(Cc1c[nH]c2ccccc12)C(=O)O. The molecule has 0 aliphatic rings. The number of benzene rings is 1. The Morgan fingerprint density at radius 2 is 1.53 bits per heavy atom. The van der Waals surface area contributed by atoms with Gasteiger partial charge in [-0.05, 0) is 29.9 Å². The molecule has 36 heavy (non-hydrogen) atoms. The summed E-state index contributed by atoms with van der Waals surface area (Å²) in [5, 5.41) is 18.4. The van der Waals surface area contributed by atoms with Crippen LogP contribution in [-0.2, 0) is 25.6 Å². The number of carboxylic acid groups (broad SMARTS) is 1. The number of hydrogen-bond acceptors (Lipinski definition) is 6. The summed E-state index contributed by atoms with van der Waals surface area (Å²) in [7, 11) is 0. The summed E-state index contributed by atoms with van der Waals surface area (Å²) in [6.45, 7) is 7.34. The summed E-state index contributed by atoms with van der Waals surface area (Å²) < 4.78 is 0. The number of aromatic amines is 1. The lowest BCUT2D eigenvalue weighted by molar-refractivity contribution is -0.142. The molecule has 4 atom stereocenters. The fourth-order valence-corrected chi connectivity index (χ4v) is 3.99. The first-order chi connectivity index (χ1) is 16.9. The number of carboxylic acids is 1. The largest absolute Gasteiger partial charge is 0.480 e. The Labute approximate surface area is 216 Å². The first-order valence-corrected chi connectivity index (χ1v) is 12.6. The van der Waals surface area contributed by atoms with Crippen LogP contribution in [0.15, 0.2) is 30.5 Å². The van der Waals surface area contributed by atoms with Crippen molar-refractivity contribution in [1.29, 1.82) is 0 Å². The van der Waals surface area contributed by atoms with E-state index in [1.807, 2.05) is 38.1 Å². The van der Waals surface area contributed by atoms with E-state index in [9.17, 15) is 24.3 Å². The highest BCUT2D eigenvalue weighted by Crippen LogP contribution is 2.19. The third-order valence-corrected chi connectivity index (χ3v) is 6.26. The lowest BCUT2D eigenvalue weighted by atomic mass is 10.0. The van der Waals surface area contributed by atoms with Gasteiger partial charge < -0.3 is 31.8 Å². The maximum absolute atomic E-state index is 13.1. The third-order valence-electron chi connectivity index (χ3n) is 5.89. The Morgan fingerprint density at radius 1 is 0.944 bits per heavy atom. The first-order valence-electron chi connectivity index (χ1n) is 12.0. The Kier molecular flexibility index (Phi) is 10.8. The van der Waals surface area contributed by atoms with Crippen molar-refractivity contribution in [2.45, 2.75) is 64.7 Å².